The Bertz CT molecular complexity index is 1050. The minimum atomic E-state index is -0.546. The Morgan fingerprint density at radius 1 is 1.36 bits per heavy atom. The van der Waals surface area contributed by atoms with Gasteiger partial charge in [0, 0.05) is 23.7 Å². The highest BCUT2D eigenvalue weighted by atomic mass is 35.5. The van der Waals surface area contributed by atoms with Gasteiger partial charge in [-0.15, -0.1) is 0 Å². The topological polar surface area (TPSA) is 71.3 Å². The second-order valence-electron chi connectivity index (χ2n) is 7.06. The van der Waals surface area contributed by atoms with Gasteiger partial charge in [-0.25, -0.2) is 14.4 Å². The number of aromatic nitrogens is 2. The molecule has 1 N–H and O–H groups in total. The second-order valence-corrected chi connectivity index (χ2v) is 7.50. The smallest absolute Gasteiger partial charge is 0.231 e. The van der Waals surface area contributed by atoms with Crippen LogP contribution < -0.4 is 10.2 Å². The highest BCUT2D eigenvalue weighted by Crippen LogP contribution is 2.33. The lowest BCUT2D eigenvalue weighted by Crippen LogP contribution is -2.41. The van der Waals surface area contributed by atoms with E-state index in [0.717, 1.165) is 41.9 Å². The predicted octanol–water partition coefficient (Wildman–Crippen LogP) is 4.49. The number of halogens is 2. The summed E-state index contributed by atoms with van der Waals surface area (Å²) in [7, 11) is 0. The number of nitrogens with zero attached hydrogens (tertiary/aromatic N) is 3. The molecule has 0 bridgehead atoms. The van der Waals surface area contributed by atoms with Crippen LogP contribution in [0, 0.1) is 25.6 Å². The van der Waals surface area contributed by atoms with Crippen LogP contribution in [0.25, 0.3) is 11.1 Å². The number of hydrogen-bond acceptors (Lipinski definition) is 5. The fourth-order valence-corrected chi connectivity index (χ4v) is 3.77. The fraction of sp³-hybridized carbons (Fsp3) is 0.350. The summed E-state index contributed by atoms with van der Waals surface area (Å²) in [6.07, 6.45) is 3.05. The number of amides is 1. The number of aryl methyl sites for hydroxylation is 2. The molecule has 1 aliphatic rings. The van der Waals surface area contributed by atoms with Crippen molar-refractivity contribution >= 4 is 40.1 Å². The third-order valence-electron chi connectivity index (χ3n) is 5.23. The molecule has 0 unspecified atom stereocenters. The molecule has 1 saturated heterocycles. The zero-order chi connectivity index (χ0) is 19.8. The molecular formula is C20H20ClFN4O2. The standard InChI is InChI=1S/C20H20ClFN4O2/c1-11-12(2)28-20-17(11)18(23-10-24-20)26-7-3-4-13(9-26)19(27)25-16-6-5-14(21)8-15(16)22/h5-6,8,10,13H,3-4,7,9H2,1-2H3,(H,25,27)/t13-/m0/s1. The van der Waals surface area contributed by atoms with Crippen LogP contribution in [-0.2, 0) is 4.79 Å². The summed E-state index contributed by atoms with van der Waals surface area (Å²) in [6, 6.07) is 4.21. The number of furan rings is 1. The zero-order valence-corrected chi connectivity index (χ0v) is 16.4. The van der Waals surface area contributed by atoms with Crippen molar-refractivity contribution in [2.75, 3.05) is 23.3 Å². The van der Waals surface area contributed by atoms with Crippen LogP contribution in [0.15, 0.2) is 28.9 Å². The molecule has 3 heterocycles. The van der Waals surface area contributed by atoms with E-state index in [4.69, 9.17) is 16.0 Å². The molecular weight excluding hydrogens is 383 g/mol. The minimum Gasteiger partial charge on any atom is -0.443 e. The summed E-state index contributed by atoms with van der Waals surface area (Å²) < 4.78 is 19.7. The average Bonchev–Trinajstić information content (AvgIpc) is 2.98. The van der Waals surface area contributed by atoms with Crippen molar-refractivity contribution < 1.29 is 13.6 Å². The molecule has 28 heavy (non-hydrogen) atoms. The highest BCUT2D eigenvalue weighted by molar-refractivity contribution is 6.30. The maximum absolute atomic E-state index is 14.0. The quantitative estimate of drug-likeness (QED) is 0.699. The third-order valence-corrected chi connectivity index (χ3v) is 5.46. The molecule has 1 aliphatic heterocycles. The van der Waals surface area contributed by atoms with Gasteiger partial charge in [-0.2, -0.15) is 0 Å². The van der Waals surface area contributed by atoms with Gasteiger partial charge in [0.05, 0.1) is 17.0 Å². The fourth-order valence-electron chi connectivity index (χ4n) is 3.61. The van der Waals surface area contributed by atoms with Crippen molar-refractivity contribution in [3.63, 3.8) is 0 Å². The van der Waals surface area contributed by atoms with Gasteiger partial charge >= 0.3 is 0 Å². The van der Waals surface area contributed by atoms with E-state index in [9.17, 15) is 9.18 Å². The number of rotatable bonds is 3. The van der Waals surface area contributed by atoms with Gasteiger partial charge in [0.2, 0.25) is 11.6 Å². The predicted molar refractivity (Wildman–Crippen MR) is 106 cm³/mol. The highest BCUT2D eigenvalue weighted by Gasteiger charge is 2.29. The van der Waals surface area contributed by atoms with E-state index in [2.05, 4.69) is 20.2 Å². The minimum absolute atomic E-state index is 0.136. The van der Waals surface area contributed by atoms with Gasteiger partial charge in [-0.1, -0.05) is 11.6 Å². The summed E-state index contributed by atoms with van der Waals surface area (Å²) in [5.74, 6) is 0.546. The summed E-state index contributed by atoms with van der Waals surface area (Å²) in [5.41, 5.74) is 1.69. The van der Waals surface area contributed by atoms with Gasteiger partial charge in [0.1, 0.15) is 23.7 Å². The first-order valence-corrected chi connectivity index (χ1v) is 9.53. The van der Waals surface area contributed by atoms with E-state index in [-0.39, 0.29) is 22.5 Å². The molecule has 146 valence electrons. The molecule has 1 amide bonds. The number of piperidine rings is 1. The largest absolute Gasteiger partial charge is 0.443 e. The van der Waals surface area contributed by atoms with Crippen LogP contribution in [0.4, 0.5) is 15.9 Å². The number of carbonyl (C=O) groups is 1. The van der Waals surface area contributed by atoms with Gasteiger partial charge in [-0.05, 0) is 44.9 Å². The average molecular weight is 403 g/mol. The van der Waals surface area contributed by atoms with Crippen LogP contribution in [0.1, 0.15) is 24.2 Å². The van der Waals surface area contributed by atoms with Crippen molar-refractivity contribution in [2.24, 2.45) is 5.92 Å². The third kappa shape index (κ3) is 3.42. The zero-order valence-electron chi connectivity index (χ0n) is 15.6. The normalized spacial score (nSPS) is 17.1. The molecule has 0 aliphatic carbocycles. The first kappa shape index (κ1) is 18.7. The van der Waals surface area contributed by atoms with E-state index in [0.29, 0.717) is 12.3 Å². The number of benzene rings is 1. The summed E-state index contributed by atoms with van der Waals surface area (Å²) in [4.78, 5) is 23.5. The molecule has 4 rings (SSSR count). The van der Waals surface area contributed by atoms with Gasteiger partial charge in [-0.3, -0.25) is 4.79 Å². The maximum atomic E-state index is 14.0. The summed E-state index contributed by atoms with van der Waals surface area (Å²) in [6.45, 7) is 5.16. The molecule has 2 aromatic heterocycles. The summed E-state index contributed by atoms with van der Waals surface area (Å²) >= 11 is 5.77. The first-order chi connectivity index (χ1) is 13.4. The molecule has 1 fully saturated rings. The molecule has 8 heteroatoms. The Morgan fingerprint density at radius 2 is 2.18 bits per heavy atom. The number of fused-ring (bicyclic) bond motifs is 1. The van der Waals surface area contributed by atoms with Crippen LogP contribution in [0.2, 0.25) is 5.02 Å². The lowest BCUT2D eigenvalue weighted by Gasteiger charge is -2.33. The van der Waals surface area contributed by atoms with Crippen LogP contribution in [0.5, 0.6) is 0 Å². The molecule has 0 radical (unpaired) electrons. The Kier molecular flexibility index (Phi) is 4.93. The number of carbonyl (C=O) groups excluding carboxylic acids is 1. The first-order valence-electron chi connectivity index (χ1n) is 9.15. The summed E-state index contributed by atoms with van der Waals surface area (Å²) in [5, 5.41) is 3.85. The van der Waals surface area contributed by atoms with Crippen LogP contribution in [0.3, 0.4) is 0 Å². The maximum Gasteiger partial charge on any atom is 0.231 e. The number of hydrogen-bond donors (Lipinski definition) is 1. The Labute approximate surface area is 166 Å². The lowest BCUT2D eigenvalue weighted by atomic mass is 9.96. The van der Waals surface area contributed by atoms with E-state index < -0.39 is 5.82 Å². The van der Waals surface area contributed by atoms with Crippen molar-refractivity contribution in [1.82, 2.24) is 9.97 Å². The van der Waals surface area contributed by atoms with Crippen molar-refractivity contribution in [2.45, 2.75) is 26.7 Å². The van der Waals surface area contributed by atoms with Gasteiger partial charge in [0.25, 0.3) is 0 Å². The molecule has 3 aromatic rings. The van der Waals surface area contributed by atoms with E-state index >= 15 is 0 Å². The van der Waals surface area contributed by atoms with E-state index in [1.807, 2.05) is 13.8 Å². The molecule has 1 aromatic carbocycles. The second kappa shape index (κ2) is 7.39. The van der Waals surface area contributed by atoms with E-state index in [1.54, 1.807) is 6.07 Å². The number of nitrogens with one attached hydrogen (secondary N) is 1. The molecule has 1 atom stereocenters. The SMILES string of the molecule is Cc1oc2ncnc(N3CCC[C@H](C(=O)Nc4ccc(Cl)cc4F)C3)c2c1C. The van der Waals surface area contributed by atoms with Crippen molar-refractivity contribution in [3.05, 3.63) is 46.7 Å². The molecule has 0 spiro atoms. The van der Waals surface area contributed by atoms with Crippen molar-refractivity contribution in [1.29, 1.82) is 0 Å². The molecule has 6 nitrogen and oxygen atoms in total. The van der Waals surface area contributed by atoms with Crippen molar-refractivity contribution in [3.8, 4) is 0 Å². The van der Waals surface area contributed by atoms with E-state index in [1.165, 1.54) is 18.5 Å². The Balaban J connectivity index is 1.56. The Morgan fingerprint density at radius 3 is 2.96 bits per heavy atom. The monoisotopic (exact) mass is 402 g/mol. The van der Waals surface area contributed by atoms with Gasteiger partial charge in [0.15, 0.2) is 0 Å². The lowest BCUT2D eigenvalue weighted by molar-refractivity contribution is -0.120. The number of anilines is 2. The van der Waals surface area contributed by atoms with Gasteiger partial charge < -0.3 is 14.6 Å². The van der Waals surface area contributed by atoms with Crippen LogP contribution >= 0.6 is 11.6 Å². The Hall–Kier alpha value is -2.67. The molecule has 0 saturated carbocycles. The van der Waals surface area contributed by atoms with Crippen LogP contribution in [-0.4, -0.2) is 29.0 Å².